The first-order valence-electron chi connectivity index (χ1n) is 6.67. The first kappa shape index (κ1) is 15.0. The molecule has 110 valence electrons. The number of carboxylic acids is 1. The maximum atomic E-state index is 13.6. The second-order valence-electron chi connectivity index (χ2n) is 4.99. The lowest BCUT2D eigenvalue weighted by Crippen LogP contribution is -2.29. The van der Waals surface area contributed by atoms with Gasteiger partial charge in [0.15, 0.2) is 6.10 Å². The predicted octanol–water partition coefficient (Wildman–Crippen LogP) is 3.52. The Balaban J connectivity index is 2.18. The molecule has 0 saturated heterocycles. The van der Waals surface area contributed by atoms with E-state index in [-0.39, 0.29) is 6.42 Å². The van der Waals surface area contributed by atoms with E-state index >= 15 is 0 Å². The van der Waals surface area contributed by atoms with Gasteiger partial charge in [-0.25, -0.2) is 9.18 Å². The summed E-state index contributed by atoms with van der Waals surface area (Å²) >= 11 is 0. The number of carbonyl (C=O) groups is 1. The fraction of sp³-hybridized carbons (Fsp3) is 0.235. The Bertz CT molecular complexity index is 652. The van der Waals surface area contributed by atoms with Crippen molar-refractivity contribution >= 4 is 5.97 Å². The third-order valence-electron chi connectivity index (χ3n) is 3.40. The molecule has 21 heavy (non-hydrogen) atoms. The van der Waals surface area contributed by atoms with Gasteiger partial charge in [0.2, 0.25) is 0 Å². The summed E-state index contributed by atoms with van der Waals surface area (Å²) in [4.78, 5) is 11.3. The zero-order valence-corrected chi connectivity index (χ0v) is 12.0. The Hall–Kier alpha value is -2.36. The Morgan fingerprint density at radius 3 is 2.52 bits per heavy atom. The van der Waals surface area contributed by atoms with Crippen LogP contribution >= 0.6 is 0 Å². The van der Waals surface area contributed by atoms with Crippen molar-refractivity contribution in [2.75, 3.05) is 0 Å². The lowest BCUT2D eigenvalue weighted by atomic mass is 10.1. The largest absolute Gasteiger partial charge is 0.478 e. The summed E-state index contributed by atoms with van der Waals surface area (Å²) in [6, 6.07) is 11.5. The Morgan fingerprint density at radius 1 is 1.19 bits per heavy atom. The van der Waals surface area contributed by atoms with Crippen molar-refractivity contribution in [3.63, 3.8) is 0 Å². The summed E-state index contributed by atoms with van der Waals surface area (Å²) in [5.41, 5.74) is 2.44. The number of hydrogen-bond donors (Lipinski definition) is 1. The van der Waals surface area contributed by atoms with Crippen LogP contribution in [-0.4, -0.2) is 17.2 Å². The highest BCUT2D eigenvalue weighted by Crippen LogP contribution is 2.19. The van der Waals surface area contributed by atoms with Crippen LogP contribution in [0, 0.1) is 19.7 Å². The molecule has 1 N–H and O–H groups in total. The number of halogens is 1. The molecule has 0 aliphatic rings. The summed E-state index contributed by atoms with van der Waals surface area (Å²) < 4.78 is 19.1. The molecule has 1 atom stereocenters. The highest BCUT2D eigenvalue weighted by Gasteiger charge is 2.21. The fourth-order valence-corrected chi connectivity index (χ4v) is 1.99. The van der Waals surface area contributed by atoms with Crippen molar-refractivity contribution in [2.24, 2.45) is 0 Å². The molecule has 2 aromatic rings. The first-order valence-corrected chi connectivity index (χ1v) is 6.67. The van der Waals surface area contributed by atoms with Gasteiger partial charge in [0.1, 0.15) is 11.6 Å². The van der Waals surface area contributed by atoms with Gasteiger partial charge in [0.05, 0.1) is 0 Å². The average molecular weight is 288 g/mol. The number of rotatable bonds is 5. The monoisotopic (exact) mass is 288 g/mol. The molecule has 0 aromatic heterocycles. The van der Waals surface area contributed by atoms with Gasteiger partial charge in [-0.05, 0) is 48.7 Å². The quantitative estimate of drug-likeness (QED) is 0.915. The Kier molecular flexibility index (Phi) is 4.58. The van der Waals surface area contributed by atoms with Gasteiger partial charge in [0.25, 0.3) is 0 Å². The normalized spacial score (nSPS) is 12.0. The molecule has 2 aromatic carbocycles. The molecule has 0 heterocycles. The number of carboxylic acid groups (broad SMARTS) is 1. The van der Waals surface area contributed by atoms with E-state index in [1.165, 1.54) is 6.07 Å². The van der Waals surface area contributed by atoms with Gasteiger partial charge in [0, 0.05) is 6.42 Å². The van der Waals surface area contributed by atoms with Gasteiger partial charge in [-0.1, -0.05) is 24.3 Å². The third-order valence-corrected chi connectivity index (χ3v) is 3.40. The smallest absolute Gasteiger partial charge is 0.345 e. The minimum Gasteiger partial charge on any atom is -0.478 e. The molecular formula is C17H17FO3. The average Bonchev–Trinajstić information content (AvgIpc) is 2.44. The fourth-order valence-electron chi connectivity index (χ4n) is 1.99. The highest BCUT2D eigenvalue weighted by atomic mass is 19.1. The number of ether oxygens (including phenoxy) is 1. The second-order valence-corrected chi connectivity index (χ2v) is 4.99. The molecule has 0 amide bonds. The number of benzene rings is 2. The molecule has 0 saturated carbocycles. The van der Waals surface area contributed by atoms with Crippen molar-refractivity contribution in [1.29, 1.82) is 0 Å². The molecule has 0 aliphatic carbocycles. The van der Waals surface area contributed by atoms with E-state index in [9.17, 15) is 14.3 Å². The standard InChI is InChI=1S/C17H17FO3/c1-11-7-8-14(9-12(11)2)21-16(17(19)20)10-13-5-3-4-6-15(13)18/h3-9,16H,10H2,1-2H3,(H,19,20)/t16-/m0/s1. The maximum absolute atomic E-state index is 13.6. The minimum absolute atomic E-state index is 0.0189. The minimum atomic E-state index is -1.12. The van der Waals surface area contributed by atoms with Crippen LogP contribution in [0.25, 0.3) is 0 Å². The zero-order valence-electron chi connectivity index (χ0n) is 12.0. The van der Waals surface area contributed by atoms with E-state index in [2.05, 4.69) is 0 Å². The van der Waals surface area contributed by atoms with Crippen molar-refractivity contribution in [1.82, 2.24) is 0 Å². The van der Waals surface area contributed by atoms with Crippen molar-refractivity contribution in [3.05, 3.63) is 65.0 Å². The second kappa shape index (κ2) is 6.39. The van der Waals surface area contributed by atoms with Crippen LogP contribution in [0.15, 0.2) is 42.5 Å². The zero-order chi connectivity index (χ0) is 15.4. The Morgan fingerprint density at radius 2 is 1.90 bits per heavy atom. The van der Waals surface area contributed by atoms with E-state index in [1.54, 1.807) is 30.3 Å². The SMILES string of the molecule is Cc1ccc(O[C@@H](Cc2ccccc2F)C(=O)O)cc1C. The molecule has 0 bridgehead atoms. The van der Waals surface area contributed by atoms with Gasteiger partial charge in [-0.3, -0.25) is 0 Å². The lowest BCUT2D eigenvalue weighted by Gasteiger charge is -2.16. The van der Waals surface area contributed by atoms with Crippen LogP contribution in [0.1, 0.15) is 16.7 Å². The number of aliphatic carboxylic acids is 1. The molecule has 4 heteroatoms. The summed E-state index contributed by atoms with van der Waals surface area (Å²) in [5, 5.41) is 9.26. The van der Waals surface area contributed by atoms with Gasteiger partial charge < -0.3 is 9.84 Å². The van der Waals surface area contributed by atoms with Crippen LogP contribution in [0.4, 0.5) is 4.39 Å². The van der Waals surface area contributed by atoms with Gasteiger partial charge >= 0.3 is 5.97 Å². The molecule has 0 unspecified atom stereocenters. The van der Waals surface area contributed by atoms with E-state index in [4.69, 9.17) is 4.74 Å². The van der Waals surface area contributed by atoms with Crippen LogP contribution in [0.2, 0.25) is 0 Å². The number of aryl methyl sites for hydroxylation is 2. The molecule has 0 aliphatic heterocycles. The van der Waals surface area contributed by atoms with Crippen LogP contribution in [0.5, 0.6) is 5.75 Å². The summed E-state index contributed by atoms with van der Waals surface area (Å²) in [6.45, 7) is 3.89. The first-order chi connectivity index (χ1) is 9.97. The van der Waals surface area contributed by atoms with E-state index in [0.29, 0.717) is 11.3 Å². The topological polar surface area (TPSA) is 46.5 Å². The van der Waals surface area contributed by atoms with E-state index in [1.807, 2.05) is 19.9 Å². The molecule has 0 fully saturated rings. The summed E-state index contributed by atoms with van der Waals surface area (Å²) in [7, 11) is 0. The van der Waals surface area contributed by atoms with E-state index < -0.39 is 17.9 Å². The third kappa shape index (κ3) is 3.81. The van der Waals surface area contributed by atoms with Gasteiger partial charge in [-0.15, -0.1) is 0 Å². The molecule has 3 nitrogen and oxygen atoms in total. The summed E-state index contributed by atoms with van der Waals surface area (Å²) in [5.74, 6) is -1.06. The predicted molar refractivity (Wildman–Crippen MR) is 78.1 cm³/mol. The van der Waals surface area contributed by atoms with Gasteiger partial charge in [-0.2, -0.15) is 0 Å². The summed E-state index contributed by atoms with van der Waals surface area (Å²) in [6.07, 6.45) is -1.14. The molecule has 0 radical (unpaired) electrons. The number of hydrogen-bond acceptors (Lipinski definition) is 2. The van der Waals surface area contributed by atoms with Crippen molar-refractivity contribution in [3.8, 4) is 5.75 Å². The maximum Gasteiger partial charge on any atom is 0.345 e. The van der Waals surface area contributed by atoms with Crippen LogP contribution in [0.3, 0.4) is 0 Å². The van der Waals surface area contributed by atoms with E-state index in [0.717, 1.165) is 11.1 Å². The molecule has 0 spiro atoms. The highest BCUT2D eigenvalue weighted by molar-refractivity contribution is 5.73. The van der Waals surface area contributed by atoms with Crippen LogP contribution < -0.4 is 4.74 Å². The van der Waals surface area contributed by atoms with Crippen LogP contribution in [-0.2, 0) is 11.2 Å². The molecular weight excluding hydrogens is 271 g/mol. The lowest BCUT2D eigenvalue weighted by molar-refractivity contribution is -0.145. The Labute approximate surface area is 123 Å². The van der Waals surface area contributed by atoms with Crippen molar-refractivity contribution < 1.29 is 19.0 Å². The molecule has 2 rings (SSSR count). The van der Waals surface area contributed by atoms with Crippen molar-refractivity contribution in [2.45, 2.75) is 26.4 Å².